The van der Waals surface area contributed by atoms with Gasteiger partial charge in [-0.15, -0.1) is 0 Å². The number of carbonyl (C=O) groups is 1. The summed E-state index contributed by atoms with van der Waals surface area (Å²) in [5.41, 5.74) is 6.22. The molecule has 1 amide bonds. The van der Waals surface area contributed by atoms with Gasteiger partial charge in [0, 0.05) is 11.7 Å². The first-order valence-electron chi connectivity index (χ1n) is 6.83. The third kappa shape index (κ3) is 3.25. The number of hydrogen-bond donors (Lipinski definition) is 2. The number of hydrogen-bond acceptors (Lipinski definition) is 2. The van der Waals surface area contributed by atoms with Crippen LogP contribution in [-0.2, 0) is 0 Å². The van der Waals surface area contributed by atoms with Gasteiger partial charge in [-0.3, -0.25) is 4.79 Å². The smallest absolute Gasteiger partial charge is 0.253 e. The molecule has 1 saturated carbocycles. The van der Waals surface area contributed by atoms with Gasteiger partial charge in [-0.25, -0.2) is 4.39 Å². The summed E-state index contributed by atoms with van der Waals surface area (Å²) in [6.45, 7) is 4.47. The summed E-state index contributed by atoms with van der Waals surface area (Å²) >= 11 is 0. The fourth-order valence-corrected chi connectivity index (χ4v) is 2.68. The number of rotatable bonds is 2. The van der Waals surface area contributed by atoms with Crippen LogP contribution in [0.1, 0.15) is 43.5 Å². The molecule has 0 radical (unpaired) electrons. The van der Waals surface area contributed by atoms with Crippen LogP contribution in [0.25, 0.3) is 0 Å². The molecule has 3 atom stereocenters. The zero-order valence-corrected chi connectivity index (χ0v) is 11.4. The van der Waals surface area contributed by atoms with Gasteiger partial charge >= 0.3 is 0 Å². The Bertz CT molecular complexity index is 475. The van der Waals surface area contributed by atoms with E-state index in [9.17, 15) is 9.18 Å². The summed E-state index contributed by atoms with van der Waals surface area (Å²) in [5.74, 6) is 0.701. The lowest BCUT2D eigenvalue weighted by Gasteiger charge is -2.32. The lowest BCUT2D eigenvalue weighted by Crippen LogP contribution is -2.40. The van der Waals surface area contributed by atoms with Gasteiger partial charge in [-0.05, 0) is 49.3 Å². The maximum Gasteiger partial charge on any atom is 0.253 e. The Labute approximate surface area is 113 Å². The van der Waals surface area contributed by atoms with Crippen molar-refractivity contribution < 1.29 is 9.18 Å². The number of anilines is 1. The van der Waals surface area contributed by atoms with E-state index in [-0.39, 0.29) is 17.6 Å². The Morgan fingerprint density at radius 1 is 1.32 bits per heavy atom. The van der Waals surface area contributed by atoms with Crippen LogP contribution in [0.5, 0.6) is 0 Å². The van der Waals surface area contributed by atoms with Crippen molar-refractivity contribution in [1.82, 2.24) is 5.32 Å². The summed E-state index contributed by atoms with van der Waals surface area (Å²) in [6, 6.07) is 4.08. The molecular formula is C15H21FN2O. The van der Waals surface area contributed by atoms with Gasteiger partial charge in [0.15, 0.2) is 0 Å². The standard InChI is InChI=1S/C15H21FN2O/c1-9-3-5-12(7-10(9)2)18-15(19)13-6-4-11(16)8-14(13)17/h4,6,8-10,12H,3,5,7,17H2,1-2H3,(H,18,19). The monoisotopic (exact) mass is 264 g/mol. The molecule has 104 valence electrons. The van der Waals surface area contributed by atoms with Gasteiger partial charge in [0.1, 0.15) is 5.82 Å². The Morgan fingerprint density at radius 3 is 2.68 bits per heavy atom. The highest BCUT2D eigenvalue weighted by molar-refractivity contribution is 5.99. The van der Waals surface area contributed by atoms with Gasteiger partial charge in [0.05, 0.1) is 5.56 Å². The van der Waals surface area contributed by atoms with Gasteiger partial charge in [0.25, 0.3) is 5.91 Å². The molecule has 1 aromatic rings. The lowest BCUT2D eigenvalue weighted by molar-refractivity contribution is 0.0911. The van der Waals surface area contributed by atoms with E-state index in [0.717, 1.165) is 19.3 Å². The summed E-state index contributed by atoms with van der Waals surface area (Å²) in [7, 11) is 0. The van der Waals surface area contributed by atoms with E-state index in [2.05, 4.69) is 19.2 Å². The number of carbonyl (C=O) groups excluding carboxylic acids is 1. The number of nitrogen functional groups attached to an aromatic ring is 1. The second-order valence-corrected chi connectivity index (χ2v) is 5.67. The van der Waals surface area contributed by atoms with Crippen LogP contribution >= 0.6 is 0 Å². The summed E-state index contributed by atoms with van der Waals surface area (Å²) in [4.78, 5) is 12.1. The van der Waals surface area contributed by atoms with Gasteiger partial charge < -0.3 is 11.1 Å². The summed E-state index contributed by atoms with van der Waals surface area (Å²) in [6.07, 6.45) is 3.12. The highest BCUT2D eigenvalue weighted by Crippen LogP contribution is 2.29. The predicted molar refractivity (Wildman–Crippen MR) is 74.2 cm³/mol. The molecule has 1 aromatic carbocycles. The highest BCUT2D eigenvalue weighted by atomic mass is 19.1. The number of benzene rings is 1. The molecule has 1 fully saturated rings. The molecule has 0 spiro atoms. The molecule has 0 saturated heterocycles. The minimum absolute atomic E-state index is 0.190. The molecule has 0 aliphatic heterocycles. The number of halogens is 1. The van der Waals surface area contributed by atoms with Crippen LogP contribution in [0.4, 0.5) is 10.1 Å². The Kier molecular flexibility index (Phi) is 4.08. The van der Waals surface area contributed by atoms with E-state index in [4.69, 9.17) is 5.73 Å². The van der Waals surface area contributed by atoms with E-state index < -0.39 is 5.82 Å². The second-order valence-electron chi connectivity index (χ2n) is 5.67. The molecule has 1 aliphatic rings. The fraction of sp³-hybridized carbons (Fsp3) is 0.533. The number of nitrogens with one attached hydrogen (secondary N) is 1. The number of amides is 1. The van der Waals surface area contributed by atoms with Crippen LogP contribution < -0.4 is 11.1 Å². The molecule has 3 unspecified atom stereocenters. The van der Waals surface area contributed by atoms with Crippen molar-refractivity contribution in [1.29, 1.82) is 0 Å². The van der Waals surface area contributed by atoms with Crippen molar-refractivity contribution in [2.24, 2.45) is 11.8 Å². The number of nitrogens with two attached hydrogens (primary N) is 1. The predicted octanol–water partition coefficient (Wildman–Crippen LogP) is 2.96. The minimum Gasteiger partial charge on any atom is -0.398 e. The second kappa shape index (κ2) is 5.59. The highest BCUT2D eigenvalue weighted by Gasteiger charge is 2.26. The molecule has 3 nitrogen and oxygen atoms in total. The Morgan fingerprint density at radius 2 is 2.05 bits per heavy atom. The fourth-order valence-electron chi connectivity index (χ4n) is 2.68. The van der Waals surface area contributed by atoms with Crippen LogP contribution in [0, 0.1) is 17.7 Å². The molecule has 19 heavy (non-hydrogen) atoms. The zero-order chi connectivity index (χ0) is 14.0. The molecule has 1 aliphatic carbocycles. The largest absolute Gasteiger partial charge is 0.398 e. The van der Waals surface area contributed by atoms with Gasteiger partial charge in [-0.2, -0.15) is 0 Å². The average Bonchev–Trinajstić information content (AvgIpc) is 2.33. The molecule has 2 rings (SSSR count). The molecular weight excluding hydrogens is 243 g/mol. The van der Waals surface area contributed by atoms with E-state index in [1.807, 2.05) is 0 Å². The first-order chi connectivity index (χ1) is 8.97. The third-order valence-electron chi connectivity index (χ3n) is 4.19. The normalized spacial score (nSPS) is 27.0. The summed E-state index contributed by atoms with van der Waals surface area (Å²) < 4.78 is 13.0. The van der Waals surface area contributed by atoms with Crippen LogP contribution in [0.2, 0.25) is 0 Å². The zero-order valence-electron chi connectivity index (χ0n) is 11.4. The van der Waals surface area contributed by atoms with Gasteiger partial charge in [-0.1, -0.05) is 13.8 Å². The van der Waals surface area contributed by atoms with Gasteiger partial charge in [0.2, 0.25) is 0 Å². The van der Waals surface area contributed by atoms with Crippen LogP contribution in [-0.4, -0.2) is 11.9 Å². The van der Waals surface area contributed by atoms with E-state index >= 15 is 0 Å². The SMILES string of the molecule is CC1CCC(NC(=O)c2ccc(F)cc2N)CC1C. The molecule has 0 heterocycles. The van der Waals surface area contributed by atoms with Crippen molar-refractivity contribution in [3.63, 3.8) is 0 Å². The quantitative estimate of drug-likeness (QED) is 0.807. The first kappa shape index (κ1) is 13.8. The van der Waals surface area contributed by atoms with Crippen LogP contribution in [0.15, 0.2) is 18.2 Å². The van der Waals surface area contributed by atoms with E-state index in [1.165, 1.54) is 18.2 Å². The van der Waals surface area contributed by atoms with Crippen molar-refractivity contribution in [3.8, 4) is 0 Å². The molecule has 0 bridgehead atoms. The molecule has 4 heteroatoms. The average molecular weight is 264 g/mol. The lowest BCUT2D eigenvalue weighted by atomic mass is 9.79. The molecule has 0 aromatic heterocycles. The maximum atomic E-state index is 13.0. The van der Waals surface area contributed by atoms with Crippen molar-refractivity contribution in [3.05, 3.63) is 29.6 Å². The van der Waals surface area contributed by atoms with Crippen molar-refractivity contribution in [2.45, 2.75) is 39.2 Å². The molecule has 3 N–H and O–H groups in total. The van der Waals surface area contributed by atoms with E-state index in [0.29, 0.717) is 17.4 Å². The first-order valence-corrected chi connectivity index (χ1v) is 6.83. The minimum atomic E-state index is -0.422. The van der Waals surface area contributed by atoms with Crippen molar-refractivity contribution in [2.75, 3.05) is 5.73 Å². The van der Waals surface area contributed by atoms with Crippen molar-refractivity contribution >= 4 is 11.6 Å². The Balaban J connectivity index is 2.01. The van der Waals surface area contributed by atoms with E-state index in [1.54, 1.807) is 0 Å². The maximum absolute atomic E-state index is 13.0. The van der Waals surface area contributed by atoms with Crippen LogP contribution in [0.3, 0.4) is 0 Å². The third-order valence-corrected chi connectivity index (χ3v) is 4.19. The Hall–Kier alpha value is -1.58. The topological polar surface area (TPSA) is 55.1 Å². The summed E-state index contributed by atoms with van der Waals surface area (Å²) in [5, 5.41) is 3.01.